The third-order valence-corrected chi connectivity index (χ3v) is 7.58. The first-order chi connectivity index (χ1) is 17.6. The summed E-state index contributed by atoms with van der Waals surface area (Å²) in [5.41, 5.74) is 3.49. The first-order valence-corrected chi connectivity index (χ1v) is 12.7. The highest BCUT2D eigenvalue weighted by Crippen LogP contribution is 2.25. The first-order valence-electron chi connectivity index (χ1n) is 11.6. The SMILES string of the molecule is COc1cc(C)c(S(=O)N(C)CCOCC(=O)N(C)c2ccc(NC(=O)c3cncn3C)cc2)c(C)c1. The van der Waals surface area contributed by atoms with E-state index in [-0.39, 0.29) is 25.0 Å². The molecule has 37 heavy (non-hydrogen) atoms. The van der Waals surface area contributed by atoms with Crippen molar-refractivity contribution in [1.29, 1.82) is 0 Å². The zero-order chi connectivity index (χ0) is 27.1. The van der Waals surface area contributed by atoms with Crippen LogP contribution in [0.15, 0.2) is 53.8 Å². The third kappa shape index (κ3) is 7.03. The van der Waals surface area contributed by atoms with E-state index in [0.717, 1.165) is 21.8 Å². The summed E-state index contributed by atoms with van der Waals surface area (Å²) < 4.78 is 27.2. The lowest BCUT2D eigenvalue weighted by Crippen LogP contribution is -2.32. The second-order valence-corrected chi connectivity index (χ2v) is 10.1. The third-order valence-electron chi connectivity index (χ3n) is 5.84. The second kappa shape index (κ2) is 12.6. The van der Waals surface area contributed by atoms with Crippen LogP contribution in [0.4, 0.5) is 11.4 Å². The summed E-state index contributed by atoms with van der Waals surface area (Å²) in [6.07, 6.45) is 3.05. The van der Waals surface area contributed by atoms with Crippen molar-refractivity contribution in [3.63, 3.8) is 0 Å². The molecule has 1 unspecified atom stereocenters. The van der Waals surface area contributed by atoms with Crippen molar-refractivity contribution >= 4 is 34.2 Å². The zero-order valence-electron chi connectivity index (χ0n) is 22.0. The largest absolute Gasteiger partial charge is 0.497 e. The first kappa shape index (κ1) is 28.0. The van der Waals surface area contributed by atoms with Gasteiger partial charge in [-0.05, 0) is 61.4 Å². The van der Waals surface area contributed by atoms with E-state index in [9.17, 15) is 13.8 Å². The Kier molecular flexibility index (Phi) is 9.56. The minimum absolute atomic E-state index is 0.115. The van der Waals surface area contributed by atoms with E-state index in [1.807, 2.05) is 26.0 Å². The molecule has 3 rings (SSSR count). The number of hydrogen-bond acceptors (Lipinski definition) is 6. The number of methoxy groups -OCH3 is 1. The molecule has 1 N–H and O–H groups in total. The molecule has 2 amide bonds. The molecule has 0 saturated heterocycles. The highest BCUT2D eigenvalue weighted by molar-refractivity contribution is 7.82. The summed E-state index contributed by atoms with van der Waals surface area (Å²) in [6.45, 7) is 4.33. The number of amides is 2. The molecule has 0 saturated carbocycles. The molecular formula is C26H33N5O5S. The van der Waals surface area contributed by atoms with Gasteiger partial charge in [0.15, 0.2) is 0 Å². The average Bonchev–Trinajstić information content (AvgIpc) is 3.31. The lowest BCUT2D eigenvalue weighted by molar-refractivity contribution is -0.122. The van der Waals surface area contributed by atoms with Gasteiger partial charge in [-0.25, -0.2) is 13.5 Å². The zero-order valence-corrected chi connectivity index (χ0v) is 22.8. The van der Waals surface area contributed by atoms with Gasteiger partial charge in [-0.15, -0.1) is 0 Å². The van der Waals surface area contributed by atoms with Crippen LogP contribution in [0.2, 0.25) is 0 Å². The predicted molar refractivity (Wildman–Crippen MR) is 143 cm³/mol. The van der Waals surface area contributed by atoms with Gasteiger partial charge in [-0.1, -0.05) is 0 Å². The van der Waals surface area contributed by atoms with Crippen LogP contribution in [0, 0.1) is 13.8 Å². The van der Waals surface area contributed by atoms with Crippen molar-refractivity contribution in [2.24, 2.45) is 7.05 Å². The van der Waals surface area contributed by atoms with Gasteiger partial charge in [0.05, 0.1) is 31.1 Å². The summed E-state index contributed by atoms with van der Waals surface area (Å²) >= 11 is 0. The number of nitrogens with zero attached hydrogens (tertiary/aromatic N) is 4. The number of anilines is 2. The fourth-order valence-corrected chi connectivity index (χ4v) is 4.90. The van der Waals surface area contributed by atoms with Crippen molar-refractivity contribution in [3.8, 4) is 5.75 Å². The Labute approximate surface area is 219 Å². The number of hydrogen-bond donors (Lipinski definition) is 1. The number of aromatic nitrogens is 2. The lowest BCUT2D eigenvalue weighted by Gasteiger charge is -2.20. The number of ether oxygens (including phenoxy) is 2. The minimum Gasteiger partial charge on any atom is -0.497 e. The van der Waals surface area contributed by atoms with Crippen LogP contribution in [-0.2, 0) is 27.6 Å². The lowest BCUT2D eigenvalue weighted by atomic mass is 10.1. The monoisotopic (exact) mass is 527 g/mol. The van der Waals surface area contributed by atoms with E-state index in [0.29, 0.717) is 23.6 Å². The predicted octanol–water partition coefficient (Wildman–Crippen LogP) is 2.93. The number of rotatable bonds is 11. The molecule has 10 nitrogen and oxygen atoms in total. The van der Waals surface area contributed by atoms with E-state index in [2.05, 4.69) is 10.3 Å². The maximum atomic E-state index is 13.0. The second-order valence-electron chi connectivity index (χ2n) is 8.59. The number of benzene rings is 2. The smallest absolute Gasteiger partial charge is 0.273 e. The molecule has 11 heteroatoms. The number of carbonyl (C=O) groups excluding carboxylic acids is 2. The highest BCUT2D eigenvalue weighted by atomic mass is 32.2. The molecule has 198 valence electrons. The number of imidazole rings is 1. The normalized spacial score (nSPS) is 11.9. The van der Waals surface area contributed by atoms with E-state index in [1.54, 1.807) is 67.7 Å². The summed E-state index contributed by atoms with van der Waals surface area (Å²) in [5.74, 6) is 0.236. The van der Waals surface area contributed by atoms with Gasteiger partial charge in [0, 0.05) is 39.1 Å². The Morgan fingerprint density at radius 1 is 1.11 bits per heavy atom. The van der Waals surface area contributed by atoms with Crippen LogP contribution < -0.4 is 15.0 Å². The van der Waals surface area contributed by atoms with Crippen LogP contribution in [0.1, 0.15) is 21.6 Å². The number of carbonyl (C=O) groups is 2. The Morgan fingerprint density at radius 3 is 2.32 bits per heavy atom. The van der Waals surface area contributed by atoms with Gasteiger partial charge in [-0.2, -0.15) is 0 Å². The van der Waals surface area contributed by atoms with Gasteiger partial charge in [0.1, 0.15) is 29.0 Å². The number of nitrogens with one attached hydrogen (secondary N) is 1. The molecule has 0 radical (unpaired) electrons. The molecule has 0 aliphatic rings. The average molecular weight is 528 g/mol. The summed E-state index contributed by atoms with van der Waals surface area (Å²) in [4.78, 5) is 31.1. The van der Waals surface area contributed by atoms with Crippen LogP contribution >= 0.6 is 0 Å². The number of aryl methyl sites for hydroxylation is 3. The maximum Gasteiger partial charge on any atom is 0.273 e. The standard InChI is InChI=1S/C26H33N5O5S/c1-18-13-22(35-6)14-19(2)25(18)37(34)30(4)11-12-36-16-24(32)31(5)21-9-7-20(8-10-21)28-26(33)23-15-27-17-29(23)3/h7-10,13-15,17H,11-12,16H2,1-6H3,(H,28,33). The molecule has 0 aliphatic carbocycles. The minimum atomic E-state index is -1.36. The van der Waals surface area contributed by atoms with Crippen LogP contribution in [0.5, 0.6) is 5.75 Å². The topological polar surface area (TPSA) is 106 Å². The molecule has 0 aliphatic heterocycles. The Bertz CT molecular complexity index is 1250. The van der Waals surface area contributed by atoms with Crippen LogP contribution in [0.3, 0.4) is 0 Å². The van der Waals surface area contributed by atoms with Crippen molar-refractivity contribution in [2.45, 2.75) is 18.7 Å². The van der Waals surface area contributed by atoms with Crippen molar-refractivity contribution < 1.29 is 23.3 Å². The van der Waals surface area contributed by atoms with E-state index >= 15 is 0 Å². The Balaban J connectivity index is 1.46. The van der Waals surface area contributed by atoms with Crippen molar-refractivity contribution in [3.05, 3.63) is 65.7 Å². The molecule has 1 aromatic heterocycles. The van der Waals surface area contributed by atoms with Crippen molar-refractivity contribution in [2.75, 3.05) is 51.2 Å². The van der Waals surface area contributed by atoms with Gasteiger partial charge in [0.2, 0.25) is 0 Å². The van der Waals surface area contributed by atoms with Crippen LogP contribution in [0.25, 0.3) is 0 Å². The molecule has 0 spiro atoms. The highest BCUT2D eigenvalue weighted by Gasteiger charge is 2.18. The molecule has 2 aromatic carbocycles. The van der Waals surface area contributed by atoms with E-state index in [1.165, 1.54) is 11.1 Å². The van der Waals surface area contributed by atoms with Gasteiger partial charge in [-0.3, -0.25) is 9.59 Å². The van der Waals surface area contributed by atoms with Crippen molar-refractivity contribution in [1.82, 2.24) is 13.9 Å². The molecule has 0 bridgehead atoms. The summed E-state index contributed by atoms with van der Waals surface area (Å²) in [5, 5.41) is 2.80. The fourth-order valence-electron chi connectivity index (χ4n) is 3.68. The Hall–Kier alpha value is -3.54. The summed E-state index contributed by atoms with van der Waals surface area (Å²) in [6, 6.07) is 10.7. The molecule has 0 fully saturated rings. The molecule has 1 heterocycles. The van der Waals surface area contributed by atoms with E-state index in [4.69, 9.17) is 9.47 Å². The molecular weight excluding hydrogens is 494 g/mol. The fraction of sp³-hybridized carbons (Fsp3) is 0.346. The molecule has 3 aromatic rings. The Morgan fingerprint density at radius 2 is 1.76 bits per heavy atom. The van der Waals surface area contributed by atoms with Gasteiger partial charge in [0.25, 0.3) is 11.8 Å². The maximum absolute atomic E-state index is 13.0. The van der Waals surface area contributed by atoms with Gasteiger partial charge < -0.3 is 24.3 Å². The summed E-state index contributed by atoms with van der Waals surface area (Å²) in [7, 11) is 5.40. The number of likely N-dealkylation sites (N-methyl/N-ethyl adjacent to an activating group) is 2. The van der Waals surface area contributed by atoms with Gasteiger partial charge >= 0.3 is 0 Å². The molecule has 1 atom stereocenters. The van der Waals surface area contributed by atoms with Crippen LogP contribution in [-0.4, -0.2) is 70.8 Å². The van der Waals surface area contributed by atoms with E-state index < -0.39 is 11.0 Å². The quantitative estimate of drug-likeness (QED) is 0.385.